The van der Waals surface area contributed by atoms with E-state index in [2.05, 4.69) is 10.3 Å². The van der Waals surface area contributed by atoms with Gasteiger partial charge in [-0.25, -0.2) is 9.78 Å². The van der Waals surface area contributed by atoms with Crippen LogP contribution in [0.5, 0.6) is 0 Å². The first-order valence-electron chi connectivity index (χ1n) is 8.51. The summed E-state index contributed by atoms with van der Waals surface area (Å²) in [4.78, 5) is 52.2. The van der Waals surface area contributed by atoms with Crippen molar-refractivity contribution in [2.24, 2.45) is 0 Å². The zero-order valence-electron chi connectivity index (χ0n) is 15.5. The lowest BCUT2D eigenvalue weighted by atomic mass is 10.2. The Hall–Kier alpha value is -3.60. The van der Waals surface area contributed by atoms with E-state index in [0.29, 0.717) is 15.3 Å². The van der Waals surface area contributed by atoms with Crippen LogP contribution in [0.25, 0.3) is 10.2 Å². The van der Waals surface area contributed by atoms with E-state index < -0.39 is 22.4 Å². The molecular formula is C18H16N4O6S. The topological polar surface area (TPSA) is 133 Å². The molecule has 3 aromatic rings. The van der Waals surface area contributed by atoms with Crippen molar-refractivity contribution in [1.82, 2.24) is 9.55 Å². The molecule has 0 aliphatic carbocycles. The molecule has 0 radical (unpaired) electrons. The number of carbonyl (C=O) groups is 2. The third-order valence-corrected chi connectivity index (χ3v) is 5.21. The van der Waals surface area contributed by atoms with Crippen LogP contribution in [0.2, 0.25) is 0 Å². The van der Waals surface area contributed by atoms with Crippen molar-refractivity contribution >= 4 is 44.8 Å². The molecule has 0 aliphatic heterocycles. The van der Waals surface area contributed by atoms with Crippen molar-refractivity contribution in [2.45, 2.75) is 20.4 Å². The molecule has 0 fully saturated rings. The van der Waals surface area contributed by atoms with Gasteiger partial charge in [-0.3, -0.25) is 24.3 Å². The number of nitro groups is 1. The molecule has 1 aromatic carbocycles. The smallest absolute Gasteiger partial charge is 0.348 e. The number of thiophene rings is 1. The van der Waals surface area contributed by atoms with E-state index in [-0.39, 0.29) is 29.9 Å². The average molecular weight is 416 g/mol. The van der Waals surface area contributed by atoms with E-state index in [9.17, 15) is 24.5 Å². The van der Waals surface area contributed by atoms with Crippen molar-refractivity contribution in [3.05, 3.63) is 61.5 Å². The highest BCUT2D eigenvalue weighted by atomic mass is 32.1. The average Bonchev–Trinajstić information content (AvgIpc) is 3.02. The van der Waals surface area contributed by atoms with E-state index in [4.69, 9.17) is 4.74 Å². The zero-order valence-corrected chi connectivity index (χ0v) is 16.3. The zero-order chi connectivity index (χ0) is 21.1. The fraction of sp³-hybridized carbons (Fsp3) is 0.222. The van der Waals surface area contributed by atoms with Gasteiger partial charge >= 0.3 is 5.97 Å². The highest BCUT2D eigenvalue weighted by Crippen LogP contribution is 2.27. The summed E-state index contributed by atoms with van der Waals surface area (Å²) in [7, 11) is 0. The monoisotopic (exact) mass is 416 g/mol. The number of carbonyl (C=O) groups excluding carboxylic acids is 2. The predicted molar refractivity (Wildman–Crippen MR) is 106 cm³/mol. The highest BCUT2D eigenvalue weighted by molar-refractivity contribution is 7.20. The van der Waals surface area contributed by atoms with Gasteiger partial charge in [-0.2, -0.15) is 0 Å². The minimum atomic E-state index is -0.571. The number of non-ortho nitro benzene ring substituents is 1. The predicted octanol–water partition coefficient (Wildman–Crippen LogP) is 2.49. The van der Waals surface area contributed by atoms with Gasteiger partial charge in [-0.1, -0.05) is 6.07 Å². The lowest BCUT2D eigenvalue weighted by Crippen LogP contribution is -2.27. The number of hydrogen-bond acceptors (Lipinski definition) is 8. The Bertz CT molecular complexity index is 1180. The van der Waals surface area contributed by atoms with Gasteiger partial charge in [-0.15, -0.1) is 11.3 Å². The number of nitro benzene ring substituents is 1. The van der Waals surface area contributed by atoms with Crippen LogP contribution in [0, 0.1) is 17.0 Å². The first kappa shape index (κ1) is 20.1. The number of fused-ring (bicyclic) bond motifs is 1. The number of esters is 1. The molecule has 0 saturated heterocycles. The number of rotatable bonds is 6. The molecule has 2 heterocycles. The van der Waals surface area contributed by atoms with Gasteiger partial charge in [0, 0.05) is 17.8 Å². The van der Waals surface area contributed by atoms with E-state index in [1.54, 1.807) is 13.8 Å². The summed E-state index contributed by atoms with van der Waals surface area (Å²) < 4.78 is 6.10. The molecule has 0 atom stereocenters. The minimum absolute atomic E-state index is 0.163. The van der Waals surface area contributed by atoms with E-state index >= 15 is 0 Å². The number of aromatic nitrogens is 2. The molecule has 0 aliphatic rings. The fourth-order valence-corrected chi connectivity index (χ4v) is 3.75. The second-order valence-corrected chi connectivity index (χ2v) is 6.99. The molecule has 3 rings (SSSR count). The maximum Gasteiger partial charge on any atom is 0.348 e. The quantitative estimate of drug-likeness (QED) is 0.371. The number of nitrogens with zero attached hydrogens (tertiary/aromatic N) is 3. The fourth-order valence-electron chi connectivity index (χ4n) is 2.72. The van der Waals surface area contributed by atoms with Gasteiger partial charge in [0.25, 0.3) is 11.2 Å². The molecule has 0 bridgehead atoms. The van der Waals surface area contributed by atoms with Gasteiger partial charge in [0.2, 0.25) is 5.91 Å². The standard InChI is InChI=1S/C18H16N4O6S/c1-3-28-18(25)15-10(2)14-16(29-15)19-9-21(17(14)24)8-13(23)20-11-5-4-6-12(7-11)22(26)27/h4-7,9H,3,8H2,1-2H3,(H,20,23). The summed E-state index contributed by atoms with van der Waals surface area (Å²) in [5.74, 6) is -1.07. The van der Waals surface area contributed by atoms with Crippen LogP contribution in [-0.2, 0) is 16.1 Å². The normalized spacial score (nSPS) is 10.7. The molecule has 1 N–H and O–H groups in total. The molecule has 10 nitrogen and oxygen atoms in total. The molecule has 29 heavy (non-hydrogen) atoms. The second-order valence-electron chi connectivity index (χ2n) is 5.99. The molecule has 11 heteroatoms. The molecule has 2 aromatic heterocycles. The Kier molecular flexibility index (Phi) is 5.69. The third kappa shape index (κ3) is 4.14. The van der Waals surface area contributed by atoms with Crippen LogP contribution in [-0.4, -0.2) is 33.0 Å². The van der Waals surface area contributed by atoms with Crippen LogP contribution in [0.3, 0.4) is 0 Å². The lowest BCUT2D eigenvalue weighted by molar-refractivity contribution is -0.384. The maximum atomic E-state index is 12.8. The number of hydrogen-bond donors (Lipinski definition) is 1. The SMILES string of the molecule is CCOC(=O)c1sc2ncn(CC(=O)Nc3cccc([N+](=O)[O-])c3)c(=O)c2c1C. The van der Waals surface area contributed by atoms with Crippen molar-refractivity contribution in [3.8, 4) is 0 Å². The number of anilines is 1. The number of ether oxygens (including phenoxy) is 1. The van der Waals surface area contributed by atoms with Gasteiger partial charge < -0.3 is 10.1 Å². The van der Waals surface area contributed by atoms with Gasteiger partial charge in [0.05, 0.1) is 23.2 Å². The van der Waals surface area contributed by atoms with Gasteiger partial charge in [0.15, 0.2) is 0 Å². The molecule has 0 saturated carbocycles. The number of benzene rings is 1. The summed E-state index contributed by atoms with van der Waals surface area (Å²) in [5.41, 5.74) is 0.0638. The van der Waals surface area contributed by atoms with Crippen molar-refractivity contribution in [3.63, 3.8) is 0 Å². The Balaban J connectivity index is 1.86. The van der Waals surface area contributed by atoms with Crippen LogP contribution >= 0.6 is 11.3 Å². The van der Waals surface area contributed by atoms with Gasteiger partial charge in [-0.05, 0) is 25.5 Å². The van der Waals surface area contributed by atoms with Crippen molar-refractivity contribution < 1.29 is 19.2 Å². The van der Waals surface area contributed by atoms with Crippen molar-refractivity contribution in [2.75, 3.05) is 11.9 Å². The third-order valence-electron chi connectivity index (χ3n) is 4.03. The summed E-state index contributed by atoms with van der Waals surface area (Å²) >= 11 is 1.06. The summed E-state index contributed by atoms with van der Waals surface area (Å²) in [5, 5.41) is 13.6. The minimum Gasteiger partial charge on any atom is -0.462 e. The molecule has 0 unspecified atom stereocenters. The maximum absolute atomic E-state index is 12.8. The van der Waals surface area contributed by atoms with Gasteiger partial charge in [0.1, 0.15) is 16.3 Å². The molecule has 1 amide bonds. The van der Waals surface area contributed by atoms with Crippen LogP contribution < -0.4 is 10.9 Å². The van der Waals surface area contributed by atoms with E-state index in [1.165, 1.54) is 30.6 Å². The van der Waals surface area contributed by atoms with E-state index in [1.807, 2.05) is 0 Å². The Morgan fingerprint density at radius 1 is 1.38 bits per heavy atom. The summed E-state index contributed by atoms with van der Waals surface area (Å²) in [6, 6.07) is 5.47. The van der Waals surface area contributed by atoms with Crippen molar-refractivity contribution in [1.29, 1.82) is 0 Å². The first-order valence-corrected chi connectivity index (χ1v) is 9.33. The summed E-state index contributed by atoms with van der Waals surface area (Å²) in [6.45, 7) is 3.18. The van der Waals surface area contributed by atoms with Crippen LogP contribution in [0.4, 0.5) is 11.4 Å². The second kappa shape index (κ2) is 8.19. The molecule has 150 valence electrons. The molecular weight excluding hydrogens is 400 g/mol. The lowest BCUT2D eigenvalue weighted by Gasteiger charge is -2.07. The number of aryl methyl sites for hydroxylation is 1. The Labute approximate surface area is 167 Å². The largest absolute Gasteiger partial charge is 0.462 e. The number of nitrogens with one attached hydrogen (secondary N) is 1. The Morgan fingerprint density at radius 3 is 2.83 bits per heavy atom. The highest BCUT2D eigenvalue weighted by Gasteiger charge is 2.21. The molecule has 0 spiro atoms. The van der Waals surface area contributed by atoms with E-state index in [0.717, 1.165) is 15.9 Å². The number of amides is 1. The first-order chi connectivity index (χ1) is 13.8. The Morgan fingerprint density at radius 2 is 2.14 bits per heavy atom. The summed E-state index contributed by atoms with van der Waals surface area (Å²) in [6.07, 6.45) is 1.22. The van der Waals surface area contributed by atoms with Crippen LogP contribution in [0.15, 0.2) is 35.4 Å². The van der Waals surface area contributed by atoms with Crippen LogP contribution in [0.1, 0.15) is 22.2 Å².